The zero-order valence-electron chi connectivity index (χ0n) is 6.31. The number of nitriles is 1. The van der Waals surface area contributed by atoms with Crippen LogP contribution >= 0.6 is 0 Å². The predicted molar refractivity (Wildman–Crippen MR) is 40.3 cm³/mol. The largest absolute Gasteiger partial charge is 0.381 e. The van der Waals surface area contributed by atoms with E-state index in [0.717, 1.165) is 5.56 Å². The van der Waals surface area contributed by atoms with Crippen molar-refractivity contribution in [1.82, 2.24) is 4.98 Å². The first-order valence-electron chi connectivity index (χ1n) is 3.16. The van der Waals surface area contributed by atoms with Gasteiger partial charge in [0.05, 0.1) is 0 Å². The van der Waals surface area contributed by atoms with Crippen molar-refractivity contribution in [3.8, 4) is 6.07 Å². The molecule has 0 bridgehead atoms. The van der Waals surface area contributed by atoms with E-state index >= 15 is 0 Å². The van der Waals surface area contributed by atoms with Crippen LogP contribution in [-0.2, 0) is 0 Å². The van der Waals surface area contributed by atoms with Crippen LogP contribution in [0, 0.1) is 28.4 Å². The molecule has 5 heteroatoms. The van der Waals surface area contributed by atoms with Crippen LogP contribution in [0.5, 0.6) is 0 Å². The van der Waals surface area contributed by atoms with Crippen LogP contribution in [0.4, 0.5) is 5.82 Å². The van der Waals surface area contributed by atoms with E-state index in [1.54, 1.807) is 13.0 Å². The number of pyridine rings is 1. The van der Waals surface area contributed by atoms with Gasteiger partial charge in [0, 0.05) is 0 Å². The normalized spacial score (nSPS) is 9.00. The third-order valence-corrected chi connectivity index (χ3v) is 1.30. The fraction of sp³-hybridized carbons (Fsp3) is 0.143. The number of aryl methyl sites for hydroxylation is 1. The Morgan fingerprint density at radius 2 is 2.42 bits per heavy atom. The summed E-state index contributed by atoms with van der Waals surface area (Å²) in [6, 6.07) is 3.15. The van der Waals surface area contributed by atoms with Gasteiger partial charge < -0.3 is 10.1 Å². The van der Waals surface area contributed by atoms with Crippen molar-refractivity contribution in [3.05, 3.63) is 33.5 Å². The van der Waals surface area contributed by atoms with Crippen molar-refractivity contribution >= 4 is 5.82 Å². The Balaban J connectivity index is 3.32. The van der Waals surface area contributed by atoms with Gasteiger partial charge in [-0.3, -0.25) is 0 Å². The third-order valence-electron chi connectivity index (χ3n) is 1.30. The molecule has 1 aromatic rings. The fourth-order valence-corrected chi connectivity index (χ4v) is 0.790. The lowest BCUT2D eigenvalue weighted by molar-refractivity contribution is -0.389. The predicted octanol–water partition coefficient (Wildman–Crippen LogP) is 1.17. The van der Waals surface area contributed by atoms with Crippen LogP contribution in [0.15, 0.2) is 12.3 Å². The van der Waals surface area contributed by atoms with Gasteiger partial charge in [-0.2, -0.15) is 5.26 Å². The van der Waals surface area contributed by atoms with Crippen molar-refractivity contribution in [3.63, 3.8) is 0 Å². The van der Waals surface area contributed by atoms with Crippen LogP contribution in [-0.4, -0.2) is 9.91 Å². The molecule has 1 rings (SSSR count). The maximum atomic E-state index is 10.3. The van der Waals surface area contributed by atoms with E-state index in [0.29, 0.717) is 0 Å². The van der Waals surface area contributed by atoms with Crippen LogP contribution in [0.25, 0.3) is 0 Å². The molecule has 0 saturated heterocycles. The molecule has 1 heterocycles. The summed E-state index contributed by atoms with van der Waals surface area (Å²) in [5, 5.41) is 18.8. The lowest BCUT2D eigenvalue weighted by Crippen LogP contribution is -1.95. The molecular weight excluding hydrogens is 158 g/mol. The van der Waals surface area contributed by atoms with E-state index in [1.165, 1.54) is 12.3 Å². The molecule has 0 amide bonds. The van der Waals surface area contributed by atoms with E-state index in [4.69, 9.17) is 5.26 Å². The van der Waals surface area contributed by atoms with Gasteiger partial charge in [0.15, 0.2) is 0 Å². The number of nitro groups is 1. The summed E-state index contributed by atoms with van der Waals surface area (Å²) >= 11 is 0. The smallest absolute Gasteiger partial charge is 0.358 e. The quantitative estimate of drug-likeness (QED) is 0.459. The number of nitrogens with zero attached hydrogens (tertiary/aromatic N) is 3. The van der Waals surface area contributed by atoms with E-state index < -0.39 is 4.92 Å². The first-order valence-corrected chi connectivity index (χ1v) is 3.16. The molecule has 0 N–H and O–H groups in total. The van der Waals surface area contributed by atoms with Crippen molar-refractivity contribution in [2.24, 2.45) is 0 Å². The molecule has 1 aromatic heterocycles. The Kier molecular flexibility index (Phi) is 2.01. The summed E-state index contributed by atoms with van der Waals surface area (Å²) in [6.07, 6.45) is 1.36. The third kappa shape index (κ3) is 1.37. The molecule has 0 unspecified atom stereocenters. The molecule has 60 valence electrons. The van der Waals surface area contributed by atoms with Crippen LogP contribution in [0.1, 0.15) is 11.1 Å². The summed E-state index contributed by atoms with van der Waals surface area (Å²) in [5.41, 5.74) is 0.733. The maximum Gasteiger partial charge on any atom is 0.381 e. The lowest BCUT2D eigenvalue weighted by atomic mass is 10.2. The molecule has 0 radical (unpaired) electrons. The molecule has 0 saturated carbocycles. The fourth-order valence-electron chi connectivity index (χ4n) is 0.790. The Hall–Kier alpha value is -1.96. The Morgan fingerprint density at radius 3 is 2.92 bits per heavy atom. The number of hydrogen-bond donors (Lipinski definition) is 0. The summed E-state index contributed by atoms with van der Waals surface area (Å²) < 4.78 is 0. The molecule has 12 heavy (non-hydrogen) atoms. The summed E-state index contributed by atoms with van der Waals surface area (Å²) in [7, 11) is 0. The second kappa shape index (κ2) is 2.96. The van der Waals surface area contributed by atoms with Gasteiger partial charge >= 0.3 is 5.82 Å². The average Bonchev–Trinajstić information content (AvgIpc) is 2.03. The molecule has 0 aromatic carbocycles. The highest BCUT2D eigenvalue weighted by Crippen LogP contribution is 2.14. The highest BCUT2D eigenvalue weighted by atomic mass is 16.6. The second-order valence-corrected chi connectivity index (χ2v) is 2.25. The molecule has 0 aliphatic heterocycles. The maximum absolute atomic E-state index is 10.3. The van der Waals surface area contributed by atoms with Gasteiger partial charge in [-0.1, -0.05) is 0 Å². The molecule has 0 aliphatic carbocycles. The second-order valence-electron chi connectivity index (χ2n) is 2.25. The average molecular weight is 163 g/mol. The zero-order valence-corrected chi connectivity index (χ0v) is 6.31. The minimum Gasteiger partial charge on any atom is -0.358 e. The minimum absolute atomic E-state index is 0.000000000000000444. The molecular formula is C7H5N3O2. The number of rotatable bonds is 1. The van der Waals surface area contributed by atoms with E-state index in [1.807, 2.05) is 0 Å². The van der Waals surface area contributed by atoms with Crippen LogP contribution in [0.3, 0.4) is 0 Å². The first kappa shape index (κ1) is 8.14. The molecule has 0 atom stereocenters. The van der Waals surface area contributed by atoms with Crippen molar-refractivity contribution < 1.29 is 4.92 Å². The molecule has 5 nitrogen and oxygen atoms in total. The van der Waals surface area contributed by atoms with Gasteiger partial charge in [0.25, 0.3) is 0 Å². The summed E-state index contributed by atoms with van der Waals surface area (Å²) in [5.74, 6) is -0.386. The highest BCUT2D eigenvalue weighted by molar-refractivity contribution is 5.43. The van der Waals surface area contributed by atoms with Crippen molar-refractivity contribution in [2.75, 3.05) is 0 Å². The first-order chi connectivity index (χ1) is 5.65. The standard InChI is InChI=1S/C7H5N3O2/c1-5-2-6(3-8)7(9-4-5)10(11)12/h2,4H,1H3. The van der Waals surface area contributed by atoms with Crippen LogP contribution in [0.2, 0.25) is 0 Å². The van der Waals surface area contributed by atoms with Gasteiger partial charge in [-0.05, 0) is 28.5 Å². The lowest BCUT2D eigenvalue weighted by Gasteiger charge is -1.93. The Labute approximate surface area is 68.4 Å². The van der Waals surface area contributed by atoms with E-state index in [9.17, 15) is 10.1 Å². The topological polar surface area (TPSA) is 79.8 Å². The molecule has 0 fully saturated rings. The zero-order chi connectivity index (χ0) is 9.14. The van der Waals surface area contributed by atoms with Crippen LogP contribution < -0.4 is 0 Å². The van der Waals surface area contributed by atoms with Crippen molar-refractivity contribution in [2.45, 2.75) is 6.92 Å². The van der Waals surface area contributed by atoms with Gasteiger partial charge in [-0.15, -0.1) is 0 Å². The van der Waals surface area contributed by atoms with Gasteiger partial charge in [0.2, 0.25) is 0 Å². The minimum atomic E-state index is -0.669. The van der Waals surface area contributed by atoms with E-state index in [-0.39, 0.29) is 11.4 Å². The van der Waals surface area contributed by atoms with Gasteiger partial charge in [-0.25, -0.2) is 0 Å². The summed E-state index contributed by atoms with van der Waals surface area (Å²) in [4.78, 5) is 13.1. The number of aromatic nitrogens is 1. The Bertz CT molecular complexity index is 367. The SMILES string of the molecule is Cc1cnc([N+](=O)[O-])c(C#N)c1. The highest BCUT2D eigenvalue weighted by Gasteiger charge is 2.14. The number of hydrogen-bond acceptors (Lipinski definition) is 4. The van der Waals surface area contributed by atoms with Gasteiger partial charge in [0.1, 0.15) is 17.8 Å². The summed E-state index contributed by atoms with van der Waals surface area (Å²) in [6.45, 7) is 1.72. The van der Waals surface area contributed by atoms with E-state index in [2.05, 4.69) is 4.98 Å². The Morgan fingerprint density at radius 1 is 1.75 bits per heavy atom. The molecule has 0 aliphatic rings. The molecule has 0 spiro atoms. The monoisotopic (exact) mass is 163 g/mol. The van der Waals surface area contributed by atoms with Crippen molar-refractivity contribution in [1.29, 1.82) is 5.26 Å².